The first-order valence-electron chi connectivity index (χ1n) is 7.50. The van der Waals surface area contributed by atoms with Crippen molar-refractivity contribution in [3.05, 3.63) is 65.4 Å². The molecular formula is C18H20N2O2S. The summed E-state index contributed by atoms with van der Waals surface area (Å²) in [6, 6.07) is 13.2. The van der Waals surface area contributed by atoms with Crippen LogP contribution in [-0.2, 0) is 4.79 Å². The number of rotatable bonds is 8. The van der Waals surface area contributed by atoms with Crippen molar-refractivity contribution >= 4 is 28.8 Å². The Kier molecular flexibility index (Phi) is 6.56. The zero-order chi connectivity index (χ0) is 16.5. The van der Waals surface area contributed by atoms with Gasteiger partial charge in [0.25, 0.3) is 5.91 Å². The zero-order valence-corrected chi connectivity index (χ0v) is 13.7. The predicted octanol–water partition coefficient (Wildman–Crippen LogP) is 3.48. The van der Waals surface area contributed by atoms with E-state index in [2.05, 4.69) is 11.9 Å². The Morgan fingerprint density at radius 2 is 1.96 bits per heavy atom. The van der Waals surface area contributed by atoms with Gasteiger partial charge in [-0.15, -0.1) is 17.9 Å². The smallest absolute Gasteiger partial charge is 0.261 e. The third-order valence-electron chi connectivity index (χ3n) is 3.28. The molecule has 0 saturated carbocycles. The molecule has 23 heavy (non-hydrogen) atoms. The average molecular weight is 328 g/mol. The van der Waals surface area contributed by atoms with Crippen LogP contribution >= 0.6 is 11.3 Å². The molecule has 0 bridgehead atoms. The summed E-state index contributed by atoms with van der Waals surface area (Å²) in [6.07, 6.45) is 2.70. The Hall–Kier alpha value is -2.40. The Balaban J connectivity index is 1.80. The molecule has 0 spiro atoms. The molecule has 0 aliphatic heterocycles. The van der Waals surface area contributed by atoms with Crippen molar-refractivity contribution in [3.63, 3.8) is 0 Å². The first-order chi connectivity index (χ1) is 11.2. The lowest BCUT2D eigenvalue weighted by molar-refractivity contribution is -0.118. The number of nitrogens with one attached hydrogen (secondary N) is 1. The van der Waals surface area contributed by atoms with E-state index in [0.29, 0.717) is 30.8 Å². The van der Waals surface area contributed by atoms with Crippen LogP contribution in [0.1, 0.15) is 22.5 Å². The van der Waals surface area contributed by atoms with E-state index in [1.165, 1.54) is 11.3 Å². The molecule has 2 rings (SSSR count). The molecule has 5 heteroatoms. The molecule has 0 atom stereocenters. The molecule has 0 fully saturated rings. The van der Waals surface area contributed by atoms with Crippen molar-refractivity contribution in [2.75, 3.05) is 18.0 Å². The topological polar surface area (TPSA) is 49.4 Å². The summed E-state index contributed by atoms with van der Waals surface area (Å²) in [7, 11) is 0. The zero-order valence-electron chi connectivity index (χ0n) is 12.9. The maximum Gasteiger partial charge on any atom is 0.261 e. The number of hydrogen-bond donors (Lipinski definition) is 1. The SMILES string of the molecule is C=CCN(C(=O)CCCNC(=O)c1cccs1)c1ccccc1. The van der Waals surface area contributed by atoms with Gasteiger partial charge in [0.15, 0.2) is 0 Å². The largest absolute Gasteiger partial charge is 0.351 e. The summed E-state index contributed by atoms with van der Waals surface area (Å²) >= 11 is 1.41. The summed E-state index contributed by atoms with van der Waals surface area (Å²) in [6.45, 7) is 4.67. The number of hydrogen-bond acceptors (Lipinski definition) is 3. The predicted molar refractivity (Wildman–Crippen MR) is 94.9 cm³/mol. The molecule has 1 aromatic carbocycles. The highest BCUT2D eigenvalue weighted by atomic mass is 32.1. The van der Waals surface area contributed by atoms with Crippen LogP contribution < -0.4 is 10.2 Å². The van der Waals surface area contributed by atoms with Crippen LogP contribution in [0.25, 0.3) is 0 Å². The fourth-order valence-corrected chi connectivity index (χ4v) is 2.80. The lowest BCUT2D eigenvalue weighted by Gasteiger charge is -2.21. The minimum atomic E-state index is -0.0848. The molecule has 2 amide bonds. The maximum atomic E-state index is 12.4. The number of carbonyl (C=O) groups is 2. The molecular weight excluding hydrogens is 308 g/mol. The van der Waals surface area contributed by atoms with Crippen LogP contribution in [0.4, 0.5) is 5.69 Å². The van der Waals surface area contributed by atoms with Gasteiger partial charge in [0, 0.05) is 25.2 Å². The van der Waals surface area contributed by atoms with E-state index in [4.69, 9.17) is 0 Å². The van der Waals surface area contributed by atoms with E-state index in [1.54, 1.807) is 17.0 Å². The van der Waals surface area contributed by atoms with Gasteiger partial charge in [0.05, 0.1) is 4.88 Å². The molecule has 0 radical (unpaired) electrons. The number of anilines is 1. The van der Waals surface area contributed by atoms with Gasteiger partial charge in [-0.3, -0.25) is 9.59 Å². The second-order valence-corrected chi connectivity index (χ2v) is 5.91. The van der Waals surface area contributed by atoms with Crippen molar-refractivity contribution in [1.82, 2.24) is 5.32 Å². The number of thiophene rings is 1. The number of amides is 2. The number of nitrogens with zero attached hydrogens (tertiary/aromatic N) is 1. The Morgan fingerprint density at radius 3 is 2.61 bits per heavy atom. The van der Waals surface area contributed by atoms with E-state index in [-0.39, 0.29) is 11.8 Å². The lowest BCUT2D eigenvalue weighted by atomic mass is 10.2. The fourth-order valence-electron chi connectivity index (χ4n) is 2.16. The van der Waals surface area contributed by atoms with E-state index in [1.807, 2.05) is 41.8 Å². The van der Waals surface area contributed by atoms with Gasteiger partial charge in [-0.2, -0.15) is 0 Å². The van der Waals surface area contributed by atoms with Crippen molar-refractivity contribution < 1.29 is 9.59 Å². The van der Waals surface area contributed by atoms with Gasteiger partial charge in [-0.1, -0.05) is 30.3 Å². The third kappa shape index (κ3) is 5.07. The van der Waals surface area contributed by atoms with Gasteiger partial charge >= 0.3 is 0 Å². The Morgan fingerprint density at radius 1 is 1.17 bits per heavy atom. The van der Waals surface area contributed by atoms with Gasteiger partial charge in [0.2, 0.25) is 5.91 Å². The van der Waals surface area contributed by atoms with Gasteiger partial charge < -0.3 is 10.2 Å². The first kappa shape index (κ1) is 17.0. The number of carbonyl (C=O) groups excluding carboxylic acids is 2. The molecule has 1 N–H and O–H groups in total. The van der Waals surface area contributed by atoms with Crippen LogP contribution in [-0.4, -0.2) is 24.9 Å². The molecule has 1 aromatic heterocycles. The first-order valence-corrected chi connectivity index (χ1v) is 8.38. The van der Waals surface area contributed by atoms with E-state index < -0.39 is 0 Å². The standard InChI is InChI=1S/C18H20N2O2S/c1-2-13-20(15-8-4-3-5-9-15)17(21)11-6-12-19-18(22)16-10-7-14-23-16/h2-5,7-10,14H,1,6,11-13H2,(H,19,22). The van der Waals surface area contributed by atoms with E-state index in [0.717, 1.165) is 5.69 Å². The molecule has 0 aliphatic carbocycles. The van der Waals surface area contributed by atoms with Crippen molar-refractivity contribution in [2.45, 2.75) is 12.8 Å². The molecule has 0 saturated heterocycles. The summed E-state index contributed by atoms with van der Waals surface area (Å²) in [5, 5.41) is 4.70. The second kappa shape index (κ2) is 8.90. The normalized spacial score (nSPS) is 10.1. The Bertz CT molecular complexity index is 638. The molecule has 1 heterocycles. The van der Waals surface area contributed by atoms with Gasteiger partial charge in [-0.25, -0.2) is 0 Å². The lowest BCUT2D eigenvalue weighted by Crippen LogP contribution is -2.32. The Labute approximate surface area is 140 Å². The van der Waals surface area contributed by atoms with Crippen LogP contribution in [0.2, 0.25) is 0 Å². The average Bonchev–Trinajstić information content (AvgIpc) is 3.11. The molecule has 4 nitrogen and oxygen atoms in total. The minimum absolute atomic E-state index is 0.0291. The van der Waals surface area contributed by atoms with E-state index in [9.17, 15) is 9.59 Å². The quantitative estimate of drug-likeness (QED) is 0.596. The summed E-state index contributed by atoms with van der Waals surface area (Å²) in [4.78, 5) is 26.6. The van der Waals surface area contributed by atoms with Gasteiger partial charge in [-0.05, 0) is 30.0 Å². The molecule has 0 aliphatic rings. The van der Waals surface area contributed by atoms with Gasteiger partial charge in [0.1, 0.15) is 0 Å². The van der Waals surface area contributed by atoms with Crippen LogP contribution in [0.3, 0.4) is 0 Å². The van der Waals surface area contributed by atoms with Crippen LogP contribution in [0.15, 0.2) is 60.5 Å². The summed E-state index contributed by atoms with van der Waals surface area (Å²) in [5.41, 5.74) is 0.861. The molecule has 2 aromatic rings. The highest BCUT2D eigenvalue weighted by Gasteiger charge is 2.14. The van der Waals surface area contributed by atoms with Crippen LogP contribution in [0, 0.1) is 0 Å². The van der Waals surface area contributed by atoms with Crippen LogP contribution in [0.5, 0.6) is 0 Å². The van der Waals surface area contributed by atoms with Crippen molar-refractivity contribution in [2.24, 2.45) is 0 Å². The van der Waals surface area contributed by atoms with Crippen molar-refractivity contribution in [3.8, 4) is 0 Å². The summed E-state index contributed by atoms with van der Waals surface area (Å²) < 4.78 is 0. The second-order valence-electron chi connectivity index (χ2n) is 4.97. The third-order valence-corrected chi connectivity index (χ3v) is 4.15. The highest BCUT2D eigenvalue weighted by Crippen LogP contribution is 2.15. The maximum absolute atomic E-state index is 12.4. The molecule has 0 unspecified atom stereocenters. The summed E-state index contributed by atoms with van der Waals surface area (Å²) in [5.74, 6) is -0.0556. The monoisotopic (exact) mass is 328 g/mol. The molecule has 120 valence electrons. The minimum Gasteiger partial charge on any atom is -0.351 e. The fraction of sp³-hybridized carbons (Fsp3) is 0.222. The van der Waals surface area contributed by atoms with E-state index >= 15 is 0 Å². The van der Waals surface area contributed by atoms with Crippen molar-refractivity contribution in [1.29, 1.82) is 0 Å². The highest BCUT2D eigenvalue weighted by molar-refractivity contribution is 7.12. The number of benzene rings is 1. The number of para-hydroxylation sites is 1.